The van der Waals surface area contributed by atoms with Crippen molar-refractivity contribution in [2.24, 2.45) is 0 Å². The molecule has 2 aromatic rings. The van der Waals surface area contributed by atoms with E-state index < -0.39 is 51.9 Å². The van der Waals surface area contributed by atoms with Gasteiger partial charge in [0.15, 0.2) is 0 Å². The highest BCUT2D eigenvalue weighted by Crippen LogP contribution is 2.36. The highest BCUT2D eigenvalue weighted by atomic mass is 35.5. The molecule has 0 saturated heterocycles. The number of sulfonamides is 1. The van der Waals surface area contributed by atoms with Crippen molar-refractivity contribution in [1.82, 2.24) is 10.2 Å². The van der Waals surface area contributed by atoms with Gasteiger partial charge in [0.1, 0.15) is 12.6 Å². The smallest absolute Gasteiger partial charge is 0.355 e. The topological polar surface area (TPSA) is 86.8 Å². The number of hydrogen-bond acceptors (Lipinski definition) is 4. The van der Waals surface area contributed by atoms with E-state index in [0.29, 0.717) is 33.6 Å². The summed E-state index contributed by atoms with van der Waals surface area (Å²) in [6, 6.07) is 7.79. The van der Waals surface area contributed by atoms with Crippen molar-refractivity contribution in [3.05, 3.63) is 63.6 Å². The summed E-state index contributed by atoms with van der Waals surface area (Å²) in [4.78, 5) is 27.4. The van der Waals surface area contributed by atoms with Gasteiger partial charge in [-0.2, -0.15) is 13.2 Å². The van der Waals surface area contributed by atoms with E-state index in [0.717, 1.165) is 17.2 Å². The van der Waals surface area contributed by atoms with E-state index in [1.807, 2.05) is 0 Å². The summed E-state index contributed by atoms with van der Waals surface area (Å²) in [5.74, 6) is -1.30. The van der Waals surface area contributed by atoms with Gasteiger partial charge in [0.05, 0.1) is 22.5 Å². The van der Waals surface area contributed by atoms with Crippen LogP contribution >= 0.6 is 23.2 Å². The van der Waals surface area contributed by atoms with E-state index in [4.69, 9.17) is 23.2 Å². The van der Waals surface area contributed by atoms with Gasteiger partial charge in [-0.3, -0.25) is 13.9 Å². The summed E-state index contributed by atoms with van der Waals surface area (Å²) in [5.41, 5.74) is -1.14. The van der Waals surface area contributed by atoms with E-state index in [1.54, 1.807) is 38.1 Å². The Balaban J connectivity index is 2.55. The van der Waals surface area contributed by atoms with Gasteiger partial charge in [0.2, 0.25) is 21.8 Å². The number of nitrogens with zero attached hydrogens (tertiary/aromatic N) is 2. The van der Waals surface area contributed by atoms with E-state index >= 15 is 0 Å². The van der Waals surface area contributed by atoms with Crippen LogP contribution in [0.1, 0.15) is 31.4 Å². The van der Waals surface area contributed by atoms with Crippen LogP contribution in [0.2, 0.25) is 10.0 Å². The monoisotopic (exact) mass is 567 g/mol. The Bertz CT molecular complexity index is 1210. The van der Waals surface area contributed by atoms with Crippen molar-refractivity contribution >= 4 is 50.7 Å². The molecule has 0 aliphatic rings. The number of rotatable bonds is 10. The first-order valence-electron chi connectivity index (χ1n) is 10.9. The maximum absolute atomic E-state index is 13.5. The van der Waals surface area contributed by atoms with Crippen LogP contribution in [0.4, 0.5) is 18.9 Å². The van der Waals surface area contributed by atoms with Crippen molar-refractivity contribution in [2.45, 2.75) is 39.0 Å². The second-order valence-electron chi connectivity index (χ2n) is 7.87. The first-order valence-corrected chi connectivity index (χ1v) is 13.5. The van der Waals surface area contributed by atoms with Gasteiger partial charge < -0.3 is 10.2 Å². The number of halogens is 5. The molecule has 0 saturated carbocycles. The van der Waals surface area contributed by atoms with Gasteiger partial charge in [-0.15, -0.1) is 0 Å². The highest BCUT2D eigenvalue weighted by molar-refractivity contribution is 7.92. The first-order chi connectivity index (χ1) is 16.7. The van der Waals surface area contributed by atoms with Crippen molar-refractivity contribution in [1.29, 1.82) is 0 Å². The number of anilines is 1. The third-order valence-corrected chi connectivity index (χ3v) is 7.07. The molecule has 0 bridgehead atoms. The van der Waals surface area contributed by atoms with E-state index in [9.17, 15) is 31.2 Å². The van der Waals surface area contributed by atoms with Crippen LogP contribution in [-0.4, -0.2) is 50.5 Å². The largest absolute Gasteiger partial charge is 0.416 e. The number of nitrogens with one attached hydrogen (secondary N) is 1. The van der Waals surface area contributed by atoms with Crippen molar-refractivity contribution in [3.8, 4) is 0 Å². The predicted octanol–water partition coefficient (Wildman–Crippen LogP) is 4.72. The van der Waals surface area contributed by atoms with Crippen LogP contribution in [0.15, 0.2) is 42.5 Å². The Hall–Kier alpha value is -2.50. The Morgan fingerprint density at radius 3 is 2.22 bits per heavy atom. The number of benzene rings is 2. The SMILES string of the molecule is CCNC(=O)[C@@H](CC)N(Cc1ccccc1Cl)C(=O)CN(c1cc(C(F)(F)F)ccc1Cl)S(C)(=O)=O. The fourth-order valence-electron chi connectivity index (χ4n) is 3.50. The number of hydrogen-bond donors (Lipinski definition) is 1. The molecular weight excluding hydrogens is 542 g/mol. The minimum atomic E-state index is -4.77. The molecule has 0 radical (unpaired) electrons. The molecule has 0 aromatic heterocycles. The number of likely N-dealkylation sites (N-methyl/N-ethyl adjacent to an activating group) is 1. The zero-order chi connectivity index (χ0) is 27.3. The summed E-state index contributed by atoms with van der Waals surface area (Å²) >= 11 is 12.3. The molecule has 0 aliphatic heterocycles. The molecule has 0 heterocycles. The number of alkyl halides is 3. The molecule has 13 heteroatoms. The quantitative estimate of drug-likeness (QED) is 0.450. The molecule has 2 amide bonds. The Kier molecular flexibility index (Phi) is 10.0. The minimum absolute atomic E-state index is 0.137. The van der Waals surface area contributed by atoms with Crippen molar-refractivity contribution < 1.29 is 31.2 Å². The third kappa shape index (κ3) is 7.50. The average molecular weight is 568 g/mol. The van der Waals surface area contributed by atoms with Gasteiger partial charge in [-0.25, -0.2) is 8.42 Å². The van der Waals surface area contributed by atoms with Crippen molar-refractivity contribution in [3.63, 3.8) is 0 Å². The second kappa shape index (κ2) is 12.2. The molecule has 7 nitrogen and oxygen atoms in total. The summed E-state index contributed by atoms with van der Waals surface area (Å²) < 4.78 is 65.6. The summed E-state index contributed by atoms with van der Waals surface area (Å²) in [7, 11) is -4.27. The lowest BCUT2D eigenvalue weighted by Gasteiger charge is -2.33. The molecule has 0 spiro atoms. The zero-order valence-corrected chi connectivity index (χ0v) is 22.1. The predicted molar refractivity (Wildman–Crippen MR) is 133 cm³/mol. The lowest BCUT2D eigenvalue weighted by Crippen LogP contribution is -2.52. The molecular formula is C23H26Cl2F3N3O4S. The summed E-state index contributed by atoms with van der Waals surface area (Å²) in [5, 5.41) is 2.66. The Morgan fingerprint density at radius 1 is 1.06 bits per heavy atom. The molecule has 198 valence electrons. The number of carbonyl (C=O) groups excluding carboxylic acids is 2. The van der Waals surface area contributed by atoms with Gasteiger partial charge in [0.25, 0.3) is 0 Å². The molecule has 1 N–H and O–H groups in total. The minimum Gasteiger partial charge on any atom is -0.355 e. The molecule has 36 heavy (non-hydrogen) atoms. The molecule has 2 aromatic carbocycles. The van der Waals surface area contributed by atoms with Crippen LogP contribution in [0.25, 0.3) is 0 Å². The van der Waals surface area contributed by atoms with Crippen molar-refractivity contribution in [2.75, 3.05) is 23.7 Å². The van der Waals surface area contributed by atoms with Gasteiger partial charge in [0, 0.05) is 18.1 Å². The maximum atomic E-state index is 13.5. The molecule has 0 fully saturated rings. The van der Waals surface area contributed by atoms with Gasteiger partial charge >= 0.3 is 6.18 Å². The fraction of sp³-hybridized carbons (Fsp3) is 0.391. The maximum Gasteiger partial charge on any atom is 0.416 e. The normalized spacial score (nSPS) is 12.7. The third-order valence-electron chi connectivity index (χ3n) is 5.26. The zero-order valence-electron chi connectivity index (χ0n) is 19.8. The van der Waals surface area contributed by atoms with E-state index in [-0.39, 0.29) is 18.0 Å². The van der Waals surface area contributed by atoms with Crippen LogP contribution in [0, 0.1) is 0 Å². The molecule has 0 aliphatic carbocycles. The molecule has 2 rings (SSSR count). The van der Waals surface area contributed by atoms with Crippen LogP contribution in [-0.2, 0) is 32.3 Å². The van der Waals surface area contributed by atoms with E-state index in [1.165, 1.54) is 0 Å². The van der Waals surface area contributed by atoms with Crippen LogP contribution < -0.4 is 9.62 Å². The van der Waals surface area contributed by atoms with Gasteiger partial charge in [-0.1, -0.05) is 48.3 Å². The van der Waals surface area contributed by atoms with E-state index in [2.05, 4.69) is 5.32 Å². The summed E-state index contributed by atoms with van der Waals surface area (Å²) in [6.07, 6.45) is -3.84. The average Bonchev–Trinajstić information content (AvgIpc) is 2.77. The fourth-order valence-corrected chi connectivity index (χ4v) is 4.82. The lowest BCUT2D eigenvalue weighted by molar-refractivity contribution is -0.140. The first kappa shape index (κ1) is 29.7. The molecule has 1 atom stereocenters. The number of amides is 2. The molecule has 0 unspecified atom stereocenters. The standard InChI is InChI=1S/C23H26Cl2F3N3O4S/c1-4-19(22(33)29-5-2)30(13-15-8-6-7-9-17(15)24)21(32)14-31(36(3,34)35)20-12-16(23(26,27)28)10-11-18(20)25/h6-12,19H,4-5,13-14H2,1-3H3,(H,29,33)/t19-/m1/s1. The van der Waals surface area contributed by atoms with Crippen LogP contribution in [0.5, 0.6) is 0 Å². The highest BCUT2D eigenvalue weighted by Gasteiger charge is 2.35. The summed E-state index contributed by atoms with van der Waals surface area (Å²) in [6.45, 7) is 2.64. The van der Waals surface area contributed by atoms with Gasteiger partial charge in [-0.05, 0) is 43.2 Å². The van der Waals surface area contributed by atoms with Crippen LogP contribution in [0.3, 0.4) is 0 Å². The Morgan fingerprint density at radius 2 is 1.69 bits per heavy atom. The lowest BCUT2D eigenvalue weighted by atomic mass is 10.1. The number of carbonyl (C=O) groups is 2. The Labute approximate surface area is 218 Å². The second-order valence-corrected chi connectivity index (χ2v) is 10.6.